The van der Waals surface area contributed by atoms with Crippen LogP contribution in [0.3, 0.4) is 0 Å². The summed E-state index contributed by atoms with van der Waals surface area (Å²) < 4.78 is 2.15. The van der Waals surface area contributed by atoms with E-state index in [1.54, 1.807) is 6.20 Å². The Labute approximate surface area is 124 Å². The molecule has 0 radical (unpaired) electrons. The fourth-order valence-electron chi connectivity index (χ4n) is 1.67. The summed E-state index contributed by atoms with van der Waals surface area (Å²) in [7, 11) is 0. The molecule has 0 aliphatic carbocycles. The van der Waals surface area contributed by atoms with Crippen LogP contribution in [-0.2, 0) is 6.54 Å². The number of hydrogen-bond donors (Lipinski definition) is 1. The number of nitrogens with one attached hydrogen (secondary N) is 1. The van der Waals surface area contributed by atoms with Crippen LogP contribution in [0, 0.1) is 0 Å². The molecule has 1 aromatic carbocycles. The molecule has 1 heterocycles. The third-order valence-electron chi connectivity index (χ3n) is 2.78. The zero-order valence-electron chi connectivity index (χ0n) is 10.0. The SMILES string of the molecule is C[C@H](NCc1ccc(Br)c(Br)c1)c1cccnc1. The smallest absolute Gasteiger partial charge is 0.0320 e. The lowest BCUT2D eigenvalue weighted by Crippen LogP contribution is -2.18. The quantitative estimate of drug-likeness (QED) is 0.860. The Morgan fingerprint density at radius 3 is 2.72 bits per heavy atom. The Balaban J connectivity index is 1.97. The Kier molecular flexibility index (Phi) is 4.92. The second-order valence-corrected chi connectivity index (χ2v) is 5.85. The van der Waals surface area contributed by atoms with Gasteiger partial charge in [-0.2, -0.15) is 0 Å². The zero-order valence-corrected chi connectivity index (χ0v) is 13.2. The van der Waals surface area contributed by atoms with E-state index in [0.717, 1.165) is 15.5 Å². The summed E-state index contributed by atoms with van der Waals surface area (Å²) in [5, 5.41) is 3.49. The van der Waals surface area contributed by atoms with Gasteiger partial charge in [0.05, 0.1) is 0 Å². The van der Waals surface area contributed by atoms with Gasteiger partial charge in [0.15, 0.2) is 0 Å². The highest BCUT2D eigenvalue weighted by Gasteiger charge is 2.05. The van der Waals surface area contributed by atoms with Crippen molar-refractivity contribution in [3.8, 4) is 0 Å². The third-order valence-corrected chi connectivity index (χ3v) is 4.66. The van der Waals surface area contributed by atoms with E-state index in [9.17, 15) is 0 Å². The van der Waals surface area contributed by atoms with Gasteiger partial charge < -0.3 is 5.32 Å². The molecule has 0 bridgehead atoms. The maximum atomic E-state index is 4.13. The summed E-state index contributed by atoms with van der Waals surface area (Å²) in [6.07, 6.45) is 3.69. The maximum absolute atomic E-state index is 4.13. The fourth-order valence-corrected chi connectivity index (χ4v) is 2.34. The zero-order chi connectivity index (χ0) is 13.0. The van der Waals surface area contributed by atoms with Crippen LogP contribution in [-0.4, -0.2) is 4.98 Å². The van der Waals surface area contributed by atoms with E-state index in [0.29, 0.717) is 6.04 Å². The first-order valence-corrected chi connectivity index (χ1v) is 7.32. The lowest BCUT2D eigenvalue weighted by atomic mass is 10.1. The minimum absolute atomic E-state index is 0.293. The molecular formula is C14H14Br2N2. The van der Waals surface area contributed by atoms with Crippen molar-refractivity contribution in [3.63, 3.8) is 0 Å². The number of rotatable bonds is 4. The van der Waals surface area contributed by atoms with Crippen molar-refractivity contribution in [2.24, 2.45) is 0 Å². The van der Waals surface area contributed by atoms with Crippen molar-refractivity contribution in [1.29, 1.82) is 0 Å². The van der Waals surface area contributed by atoms with Crippen LogP contribution < -0.4 is 5.32 Å². The Morgan fingerprint density at radius 2 is 2.06 bits per heavy atom. The van der Waals surface area contributed by atoms with E-state index in [-0.39, 0.29) is 0 Å². The number of halogens is 2. The van der Waals surface area contributed by atoms with Crippen molar-refractivity contribution in [1.82, 2.24) is 10.3 Å². The summed E-state index contributed by atoms with van der Waals surface area (Å²) in [5.74, 6) is 0. The van der Waals surface area contributed by atoms with Gasteiger partial charge in [0, 0.05) is 33.9 Å². The van der Waals surface area contributed by atoms with Crippen molar-refractivity contribution >= 4 is 31.9 Å². The standard InChI is InChI=1S/C14H14Br2N2/c1-10(12-3-2-6-17-9-12)18-8-11-4-5-13(15)14(16)7-11/h2-7,9-10,18H,8H2,1H3/t10-/m0/s1. The van der Waals surface area contributed by atoms with E-state index >= 15 is 0 Å². The van der Waals surface area contributed by atoms with Gasteiger partial charge in [-0.1, -0.05) is 12.1 Å². The number of aromatic nitrogens is 1. The number of hydrogen-bond acceptors (Lipinski definition) is 2. The van der Waals surface area contributed by atoms with E-state index in [2.05, 4.69) is 73.3 Å². The monoisotopic (exact) mass is 368 g/mol. The van der Waals surface area contributed by atoms with Crippen LogP contribution in [0.5, 0.6) is 0 Å². The van der Waals surface area contributed by atoms with Gasteiger partial charge in [0.2, 0.25) is 0 Å². The van der Waals surface area contributed by atoms with Gasteiger partial charge in [-0.25, -0.2) is 0 Å². The van der Waals surface area contributed by atoms with Crippen LogP contribution >= 0.6 is 31.9 Å². The Morgan fingerprint density at radius 1 is 1.22 bits per heavy atom. The van der Waals surface area contributed by atoms with Crippen LogP contribution in [0.15, 0.2) is 51.7 Å². The van der Waals surface area contributed by atoms with Gasteiger partial charge in [-0.15, -0.1) is 0 Å². The van der Waals surface area contributed by atoms with Crippen LogP contribution in [0.4, 0.5) is 0 Å². The number of pyridine rings is 1. The molecule has 0 saturated carbocycles. The molecule has 0 aliphatic heterocycles. The van der Waals surface area contributed by atoms with Gasteiger partial charge in [-0.3, -0.25) is 4.98 Å². The van der Waals surface area contributed by atoms with Crippen molar-refractivity contribution in [2.75, 3.05) is 0 Å². The molecule has 0 unspecified atom stereocenters. The highest BCUT2D eigenvalue weighted by molar-refractivity contribution is 9.13. The Bertz CT molecular complexity index is 514. The summed E-state index contributed by atoms with van der Waals surface area (Å²) in [6.45, 7) is 2.98. The van der Waals surface area contributed by atoms with Gasteiger partial charge in [0.25, 0.3) is 0 Å². The topological polar surface area (TPSA) is 24.9 Å². The second kappa shape index (κ2) is 6.45. The molecule has 94 valence electrons. The molecule has 1 aromatic heterocycles. The number of nitrogens with zero attached hydrogens (tertiary/aromatic N) is 1. The predicted molar refractivity (Wildman–Crippen MR) is 81.3 cm³/mol. The lowest BCUT2D eigenvalue weighted by Gasteiger charge is -2.14. The highest BCUT2D eigenvalue weighted by Crippen LogP contribution is 2.24. The van der Waals surface area contributed by atoms with E-state index < -0.39 is 0 Å². The van der Waals surface area contributed by atoms with E-state index in [1.165, 1.54) is 11.1 Å². The first kappa shape index (κ1) is 13.7. The largest absolute Gasteiger partial charge is 0.306 e. The molecule has 2 aromatic rings. The summed E-state index contributed by atoms with van der Waals surface area (Å²) in [6, 6.07) is 10.6. The summed E-state index contributed by atoms with van der Waals surface area (Å²) >= 11 is 6.98. The fraction of sp³-hybridized carbons (Fsp3) is 0.214. The normalized spacial score (nSPS) is 12.4. The van der Waals surface area contributed by atoms with Crippen LogP contribution in [0.25, 0.3) is 0 Å². The number of benzene rings is 1. The van der Waals surface area contributed by atoms with Crippen molar-refractivity contribution < 1.29 is 0 Å². The van der Waals surface area contributed by atoms with Gasteiger partial charge in [0.1, 0.15) is 0 Å². The van der Waals surface area contributed by atoms with Crippen molar-refractivity contribution in [2.45, 2.75) is 19.5 Å². The average molecular weight is 370 g/mol. The van der Waals surface area contributed by atoms with Gasteiger partial charge in [-0.05, 0) is 68.1 Å². The highest BCUT2D eigenvalue weighted by atomic mass is 79.9. The molecule has 0 fully saturated rings. The maximum Gasteiger partial charge on any atom is 0.0320 e. The van der Waals surface area contributed by atoms with Gasteiger partial charge >= 0.3 is 0 Å². The molecule has 1 atom stereocenters. The molecule has 2 nitrogen and oxygen atoms in total. The molecule has 0 spiro atoms. The first-order valence-electron chi connectivity index (χ1n) is 5.74. The van der Waals surface area contributed by atoms with Crippen LogP contribution in [0.1, 0.15) is 24.1 Å². The molecule has 1 N–H and O–H groups in total. The molecule has 18 heavy (non-hydrogen) atoms. The van der Waals surface area contributed by atoms with E-state index in [4.69, 9.17) is 0 Å². The van der Waals surface area contributed by atoms with Crippen molar-refractivity contribution in [3.05, 3.63) is 62.8 Å². The summed E-state index contributed by atoms with van der Waals surface area (Å²) in [4.78, 5) is 4.13. The minimum Gasteiger partial charge on any atom is -0.306 e. The first-order chi connectivity index (χ1) is 8.66. The molecule has 0 amide bonds. The molecule has 4 heteroatoms. The summed E-state index contributed by atoms with van der Waals surface area (Å²) in [5.41, 5.74) is 2.45. The second-order valence-electron chi connectivity index (χ2n) is 4.14. The average Bonchev–Trinajstić information content (AvgIpc) is 2.41. The predicted octanol–water partition coefficient (Wildman–Crippen LogP) is 4.46. The molecule has 0 saturated heterocycles. The molecule has 2 rings (SSSR count). The molecule has 0 aliphatic rings. The third kappa shape index (κ3) is 3.64. The van der Waals surface area contributed by atoms with E-state index in [1.807, 2.05) is 12.3 Å². The minimum atomic E-state index is 0.293. The molecular weight excluding hydrogens is 356 g/mol. The lowest BCUT2D eigenvalue weighted by molar-refractivity contribution is 0.573. The Hall–Kier alpha value is -0.710. The van der Waals surface area contributed by atoms with Crippen LogP contribution in [0.2, 0.25) is 0 Å².